The number of ether oxygens (including phenoxy) is 1. The molecular formula is C14H22NO3+. The summed E-state index contributed by atoms with van der Waals surface area (Å²) in [7, 11) is 0. The van der Waals surface area contributed by atoms with E-state index in [0.717, 1.165) is 38.9 Å². The van der Waals surface area contributed by atoms with Gasteiger partial charge < -0.3 is 9.84 Å². The number of carbonyl (C=O) groups is 1. The van der Waals surface area contributed by atoms with Gasteiger partial charge in [-0.15, -0.1) is 0 Å². The molecule has 1 unspecified atom stereocenters. The van der Waals surface area contributed by atoms with Crippen LogP contribution in [-0.4, -0.2) is 41.8 Å². The zero-order valence-electron chi connectivity index (χ0n) is 11.0. The van der Waals surface area contributed by atoms with Crippen molar-refractivity contribution in [3.05, 3.63) is 23.6 Å². The minimum atomic E-state index is -0.341. The SMILES string of the molecule is CCOC(=O)C1=C(O)CCCC[N+]12CC=CCC2. The Labute approximate surface area is 108 Å². The third kappa shape index (κ3) is 2.43. The Balaban J connectivity index is 2.37. The number of aliphatic hydroxyl groups excluding tert-OH is 1. The minimum absolute atomic E-state index is 0.237. The molecule has 2 heterocycles. The summed E-state index contributed by atoms with van der Waals surface area (Å²) in [5, 5.41) is 10.2. The topological polar surface area (TPSA) is 46.5 Å². The molecule has 0 amide bonds. The molecule has 0 radical (unpaired) electrons. The van der Waals surface area contributed by atoms with Gasteiger partial charge in [0.1, 0.15) is 6.54 Å². The summed E-state index contributed by atoms with van der Waals surface area (Å²) >= 11 is 0. The Morgan fingerprint density at radius 2 is 2.22 bits per heavy atom. The van der Waals surface area contributed by atoms with Crippen LogP contribution in [0.3, 0.4) is 0 Å². The number of hydrogen-bond acceptors (Lipinski definition) is 3. The van der Waals surface area contributed by atoms with Crippen molar-refractivity contribution in [3.63, 3.8) is 0 Å². The number of rotatable bonds is 2. The lowest BCUT2D eigenvalue weighted by Gasteiger charge is -2.38. The first-order valence-corrected chi connectivity index (χ1v) is 6.80. The molecule has 1 spiro atoms. The van der Waals surface area contributed by atoms with Gasteiger partial charge >= 0.3 is 5.97 Å². The van der Waals surface area contributed by atoms with Crippen molar-refractivity contribution in [2.75, 3.05) is 26.2 Å². The second-order valence-corrected chi connectivity index (χ2v) is 5.01. The zero-order valence-corrected chi connectivity index (χ0v) is 11.0. The van der Waals surface area contributed by atoms with E-state index in [9.17, 15) is 9.90 Å². The molecule has 4 heteroatoms. The second-order valence-electron chi connectivity index (χ2n) is 5.01. The highest BCUT2D eigenvalue weighted by molar-refractivity contribution is 5.86. The lowest BCUT2D eigenvalue weighted by atomic mass is 10.1. The Bertz CT molecular complexity index is 387. The van der Waals surface area contributed by atoms with Crippen LogP contribution in [0.2, 0.25) is 0 Å². The first-order valence-electron chi connectivity index (χ1n) is 6.80. The number of esters is 1. The smallest absolute Gasteiger partial charge is 0.396 e. The summed E-state index contributed by atoms with van der Waals surface area (Å²) in [4.78, 5) is 12.2. The van der Waals surface area contributed by atoms with Gasteiger partial charge in [0, 0.05) is 12.8 Å². The minimum Gasteiger partial charge on any atom is -0.506 e. The molecule has 0 fully saturated rings. The fourth-order valence-electron chi connectivity index (χ4n) is 2.94. The molecule has 1 atom stereocenters. The van der Waals surface area contributed by atoms with Gasteiger partial charge in [-0.25, -0.2) is 4.79 Å². The predicted octanol–water partition coefficient (Wildman–Crippen LogP) is 2.28. The van der Waals surface area contributed by atoms with Crippen LogP contribution in [-0.2, 0) is 9.53 Å². The highest BCUT2D eigenvalue weighted by Gasteiger charge is 2.42. The number of hydrogen-bond donors (Lipinski definition) is 1. The normalized spacial score (nSPS) is 28.3. The molecule has 4 nitrogen and oxygen atoms in total. The molecule has 0 aliphatic carbocycles. The van der Waals surface area contributed by atoms with Crippen molar-refractivity contribution in [2.24, 2.45) is 0 Å². The third-order valence-electron chi connectivity index (χ3n) is 3.81. The van der Waals surface area contributed by atoms with Crippen LogP contribution in [0.25, 0.3) is 0 Å². The van der Waals surface area contributed by atoms with E-state index in [1.807, 2.05) is 0 Å². The molecule has 1 N–H and O–H groups in total. The zero-order chi connectivity index (χ0) is 13.0. The highest BCUT2D eigenvalue weighted by atomic mass is 16.5. The van der Waals surface area contributed by atoms with E-state index < -0.39 is 0 Å². The van der Waals surface area contributed by atoms with Crippen molar-refractivity contribution in [1.82, 2.24) is 0 Å². The van der Waals surface area contributed by atoms with Crippen molar-refractivity contribution >= 4 is 5.97 Å². The number of quaternary nitrogens is 1. The van der Waals surface area contributed by atoms with Crippen LogP contribution in [0.5, 0.6) is 0 Å². The van der Waals surface area contributed by atoms with Crippen LogP contribution < -0.4 is 0 Å². The Morgan fingerprint density at radius 3 is 2.89 bits per heavy atom. The van der Waals surface area contributed by atoms with Gasteiger partial charge in [0.05, 0.1) is 19.7 Å². The summed E-state index contributed by atoms with van der Waals surface area (Å²) in [5.74, 6) is -0.103. The fraction of sp³-hybridized carbons (Fsp3) is 0.643. The Hall–Kier alpha value is -1.29. The van der Waals surface area contributed by atoms with Gasteiger partial charge in [-0.1, -0.05) is 6.08 Å². The molecule has 18 heavy (non-hydrogen) atoms. The van der Waals surface area contributed by atoms with Crippen molar-refractivity contribution in [2.45, 2.75) is 32.6 Å². The standard InChI is InChI=1S/C14H21NO3/c1-2-18-14(17)13-12(16)8-4-7-11-15(13)9-5-3-6-10-15/h3,5H,2,4,6-11H2,1H3/p+1. The van der Waals surface area contributed by atoms with Gasteiger partial charge in [-0.2, -0.15) is 0 Å². The highest BCUT2D eigenvalue weighted by Crippen LogP contribution is 2.31. The van der Waals surface area contributed by atoms with Gasteiger partial charge in [0.25, 0.3) is 5.70 Å². The molecule has 2 rings (SSSR count). The monoisotopic (exact) mass is 252 g/mol. The first-order chi connectivity index (χ1) is 8.69. The van der Waals surface area contributed by atoms with Crippen LogP contribution in [0.15, 0.2) is 23.6 Å². The molecule has 100 valence electrons. The quantitative estimate of drug-likeness (QED) is 0.466. The molecule has 0 aromatic heterocycles. The van der Waals surface area contributed by atoms with Crippen molar-refractivity contribution < 1.29 is 19.1 Å². The van der Waals surface area contributed by atoms with E-state index >= 15 is 0 Å². The van der Waals surface area contributed by atoms with E-state index in [2.05, 4.69) is 12.2 Å². The molecule has 2 aliphatic heterocycles. The summed E-state index contributed by atoms with van der Waals surface area (Å²) in [5.41, 5.74) is 0.499. The average molecular weight is 252 g/mol. The first kappa shape index (κ1) is 13.1. The number of nitrogens with zero attached hydrogens (tertiary/aromatic N) is 1. The number of aliphatic hydroxyl groups is 1. The van der Waals surface area contributed by atoms with Crippen LogP contribution in [0.4, 0.5) is 0 Å². The van der Waals surface area contributed by atoms with Crippen molar-refractivity contribution in [3.8, 4) is 0 Å². The summed E-state index contributed by atoms with van der Waals surface area (Å²) in [6.45, 7) is 4.74. The lowest BCUT2D eigenvalue weighted by Crippen LogP contribution is -2.52. The van der Waals surface area contributed by atoms with E-state index in [1.165, 1.54) is 0 Å². The third-order valence-corrected chi connectivity index (χ3v) is 3.81. The van der Waals surface area contributed by atoms with E-state index in [0.29, 0.717) is 23.2 Å². The number of carbonyl (C=O) groups excluding carboxylic acids is 1. The van der Waals surface area contributed by atoms with E-state index in [-0.39, 0.29) is 11.7 Å². The second kappa shape index (κ2) is 5.57. The van der Waals surface area contributed by atoms with Gasteiger partial charge in [0.2, 0.25) is 0 Å². The Morgan fingerprint density at radius 1 is 1.39 bits per heavy atom. The molecule has 0 bridgehead atoms. The fourth-order valence-corrected chi connectivity index (χ4v) is 2.94. The van der Waals surface area contributed by atoms with Crippen LogP contribution in [0, 0.1) is 0 Å². The largest absolute Gasteiger partial charge is 0.506 e. The molecular weight excluding hydrogens is 230 g/mol. The maximum absolute atomic E-state index is 12.2. The molecule has 0 aromatic carbocycles. The Kier molecular flexibility index (Phi) is 4.07. The summed E-state index contributed by atoms with van der Waals surface area (Å²) in [6, 6.07) is 0. The summed E-state index contributed by atoms with van der Waals surface area (Å²) < 4.78 is 5.71. The van der Waals surface area contributed by atoms with Crippen LogP contribution in [0.1, 0.15) is 32.6 Å². The van der Waals surface area contributed by atoms with E-state index in [4.69, 9.17) is 4.74 Å². The molecule has 0 saturated heterocycles. The molecule has 0 aromatic rings. The van der Waals surface area contributed by atoms with Gasteiger partial charge in [0.15, 0.2) is 5.76 Å². The maximum atomic E-state index is 12.2. The molecule has 0 saturated carbocycles. The molecule has 2 aliphatic rings. The van der Waals surface area contributed by atoms with Gasteiger partial charge in [-0.05, 0) is 25.8 Å². The van der Waals surface area contributed by atoms with Gasteiger partial charge in [-0.3, -0.25) is 4.48 Å². The van der Waals surface area contributed by atoms with Crippen LogP contribution >= 0.6 is 0 Å². The maximum Gasteiger partial charge on any atom is 0.396 e. The predicted molar refractivity (Wildman–Crippen MR) is 68.8 cm³/mol. The summed E-state index contributed by atoms with van der Waals surface area (Å²) in [6.07, 6.45) is 7.79. The number of allylic oxidation sites excluding steroid dienone is 1. The van der Waals surface area contributed by atoms with E-state index in [1.54, 1.807) is 6.92 Å². The average Bonchev–Trinajstić information content (AvgIpc) is 2.50. The lowest BCUT2D eigenvalue weighted by molar-refractivity contribution is -0.884. The van der Waals surface area contributed by atoms with Crippen molar-refractivity contribution in [1.29, 1.82) is 0 Å².